The van der Waals surface area contributed by atoms with Crippen molar-refractivity contribution in [3.8, 4) is 0 Å². The summed E-state index contributed by atoms with van der Waals surface area (Å²) in [5, 5.41) is 19.8. The third kappa shape index (κ3) is 4.37. The molecule has 1 saturated heterocycles. The number of nitrogens with zero attached hydrogens (tertiary/aromatic N) is 5. The molecule has 0 atom stereocenters. The molecule has 3 aromatic rings. The van der Waals surface area contributed by atoms with Crippen LogP contribution >= 0.6 is 0 Å². The van der Waals surface area contributed by atoms with Gasteiger partial charge in [0.15, 0.2) is 5.69 Å². The monoisotopic (exact) mass is 396 g/mol. The summed E-state index contributed by atoms with van der Waals surface area (Å²) in [6, 6.07) is 11.5. The molecule has 0 radical (unpaired) electrons. The molecule has 29 heavy (non-hydrogen) atoms. The van der Waals surface area contributed by atoms with E-state index in [2.05, 4.69) is 15.6 Å². The number of rotatable bonds is 5. The van der Waals surface area contributed by atoms with Crippen LogP contribution in [0.5, 0.6) is 0 Å². The van der Waals surface area contributed by atoms with E-state index in [1.165, 1.54) is 4.90 Å². The van der Waals surface area contributed by atoms with Crippen molar-refractivity contribution < 1.29 is 19.2 Å². The summed E-state index contributed by atoms with van der Waals surface area (Å²) in [7, 11) is 0. The van der Waals surface area contributed by atoms with E-state index in [1.54, 1.807) is 23.1 Å². The summed E-state index contributed by atoms with van der Waals surface area (Å²) < 4.78 is 7.01. The molecule has 10 nitrogen and oxygen atoms in total. The fraction of sp³-hybridized carbons (Fsp3) is 0.263. The topological polar surface area (TPSA) is 117 Å². The SMILES string of the molecule is O=C(Nc1cnn(Cc2ccccc2)c1)c1cc(N2CCN(C(=O)O)CC2)on1. The fourth-order valence-electron chi connectivity index (χ4n) is 3.12. The van der Waals surface area contributed by atoms with Crippen LogP contribution in [0.2, 0.25) is 0 Å². The number of carbonyl (C=O) groups excluding carboxylic acids is 1. The second-order valence-electron chi connectivity index (χ2n) is 6.67. The first-order valence-electron chi connectivity index (χ1n) is 9.16. The minimum Gasteiger partial charge on any atom is -0.465 e. The molecule has 1 aliphatic rings. The van der Waals surface area contributed by atoms with Crippen molar-refractivity contribution in [3.63, 3.8) is 0 Å². The Morgan fingerprint density at radius 1 is 1.14 bits per heavy atom. The summed E-state index contributed by atoms with van der Waals surface area (Å²) in [5.41, 5.74) is 1.82. The summed E-state index contributed by atoms with van der Waals surface area (Å²) in [6.45, 7) is 2.31. The number of hydrogen-bond acceptors (Lipinski definition) is 6. The lowest BCUT2D eigenvalue weighted by Gasteiger charge is -2.32. The third-order valence-corrected chi connectivity index (χ3v) is 4.67. The zero-order chi connectivity index (χ0) is 20.2. The molecule has 0 bridgehead atoms. The predicted molar refractivity (Wildman–Crippen MR) is 104 cm³/mol. The molecule has 0 aliphatic carbocycles. The van der Waals surface area contributed by atoms with Gasteiger partial charge in [-0.3, -0.25) is 9.48 Å². The highest BCUT2D eigenvalue weighted by molar-refractivity contribution is 6.03. The Labute approximate surface area is 166 Å². The molecular formula is C19H20N6O4. The van der Waals surface area contributed by atoms with E-state index in [0.29, 0.717) is 44.3 Å². The van der Waals surface area contributed by atoms with E-state index in [0.717, 1.165) is 5.56 Å². The van der Waals surface area contributed by atoms with Crippen molar-refractivity contribution in [2.75, 3.05) is 36.4 Å². The van der Waals surface area contributed by atoms with Crippen molar-refractivity contribution in [1.82, 2.24) is 19.8 Å². The van der Waals surface area contributed by atoms with E-state index in [1.807, 2.05) is 35.2 Å². The molecule has 0 unspecified atom stereocenters. The van der Waals surface area contributed by atoms with Gasteiger partial charge in [-0.1, -0.05) is 35.5 Å². The zero-order valence-corrected chi connectivity index (χ0v) is 15.6. The number of nitrogens with one attached hydrogen (secondary N) is 1. The Hall–Kier alpha value is -3.82. The van der Waals surface area contributed by atoms with Gasteiger partial charge in [0.1, 0.15) is 0 Å². The number of piperazine rings is 1. The Morgan fingerprint density at radius 3 is 2.62 bits per heavy atom. The van der Waals surface area contributed by atoms with Gasteiger partial charge < -0.3 is 24.7 Å². The molecule has 0 spiro atoms. The van der Waals surface area contributed by atoms with E-state index in [4.69, 9.17) is 9.63 Å². The smallest absolute Gasteiger partial charge is 0.407 e. The Balaban J connectivity index is 1.34. The van der Waals surface area contributed by atoms with Crippen LogP contribution < -0.4 is 10.2 Å². The van der Waals surface area contributed by atoms with E-state index < -0.39 is 12.0 Å². The number of benzene rings is 1. The van der Waals surface area contributed by atoms with E-state index in [-0.39, 0.29) is 5.69 Å². The van der Waals surface area contributed by atoms with Crippen molar-refractivity contribution in [2.24, 2.45) is 0 Å². The minimum atomic E-state index is -0.935. The van der Waals surface area contributed by atoms with Crippen molar-refractivity contribution >= 4 is 23.6 Å². The lowest BCUT2D eigenvalue weighted by Crippen LogP contribution is -2.48. The minimum absolute atomic E-state index is 0.150. The average Bonchev–Trinajstić information content (AvgIpc) is 3.39. The summed E-state index contributed by atoms with van der Waals surface area (Å²) in [4.78, 5) is 26.6. The van der Waals surface area contributed by atoms with Gasteiger partial charge in [0.2, 0.25) is 5.88 Å². The van der Waals surface area contributed by atoms with Crippen LogP contribution in [0.3, 0.4) is 0 Å². The second kappa shape index (κ2) is 8.05. The molecule has 2 N–H and O–H groups in total. The molecule has 0 saturated carbocycles. The second-order valence-corrected chi connectivity index (χ2v) is 6.67. The average molecular weight is 396 g/mol. The first-order chi connectivity index (χ1) is 14.1. The molecule has 1 fully saturated rings. The third-order valence-electron chi connectivity index (χ3n) is 4.67. The Morgan fingerprint density at radius 2 is 1.90 bits per heavy atom. The van der Waals surface area contributed by atoms with Crippen LogP contribution in [-0.2, 0) is 6.54 Å². The highest BCUT2D eigenvalue weighted by Gasteiger charge is 2.24. The lowest BCUT2D eigenvalue weighted by molar-refractivity contribution is 0.101. The predicted octanol–water partition coefficient (Wildman–Crippen LogP) is 1.97. The number of carboxylic acid groups (broad SMARTS) is 1. The molecule has 2 amide bonds. The maximum absolute atomic E-state index is 12.4. The van der Waals surface area contributed by atoms with Crippen LogP contribution in [-0.4, -0.2) is 63.1 Å². The maximum atomic E-state index is 12.4. The van der Waals surface area contributed by atoms with Crippen LogP contribution in [0, 0.1) is 0 Å². The number of carbonyl (C=O) groups is 2. The largest absolute Gasteiger partial charge is 0.465 e. The van der Waals surface area contributed by atoms with Crippen molar-refractivity contribution in [3.05, 3.63) is 60.0 Å². The fourth-order valence-corrected chi connectivity index (χ4v) is 3.12. The normalized spacial score (nSPS) is 14.1. The quantitative estimate of drug-likeness (QED) is 0.677. The zero-order valence-electron chi connectivity index (χ0n) is 15.6. The van der Waals surface area contributed by atoms with Gasteiger partial charge in [-0.15, -0.1) is 0 Å². The first kappa shape index (κ1) is 18.5. The number of anilines is 2. The molecular weight excluding hydrogens is 376 g/mol. The standard InChI is InChI=1S/C19H20N6O4/c26-18(21-15-11-20-25(13-15)12-14-4-2-1-3-5-14)16-10-17(29-22-16)23-6-8-24(9-7-23)19(27)28/h1-5,10-11,13H,6-9,12H2,(H,21,26)(H,27,28). The van der Waals surface area contributed by atoms with Crippen molar-refractivity contribution in [2.45, 2.75) is 6.54 Å². The Kier molecular flexibility index (Phi) is 5.14. The molecule has 10 heteroatoms. The van der Waals surface area contributed by atoms with Crippen LogP contribution in [0.15, 0.2) is 53.3 Å². The molecule has 1 aromatic carbocycles. The van der Waals surface area contributed by atoms with Gasteiger partial charge in [-0.05, 0) is 5.56 Å². The van der Waals surface area contributed by atoms with Gasteiger partial charge in [0.05, 0.1) is 18.4 Å². The lowest BCUT2D eigenvalue weighted by atomic mass is 10.2. The van der Waals surface area contributed by atoms with Crippen molar-refractivity contribution in [1.29, 1.82) is 0 Å². The van der Waals surface area contributed by atoms with Gasteiger partial charge in [0.25, 0.3) is 5.91 Å². The van der Waals surface area contributed by atoms with E-state index in [9.17, 15) is 9.59 Å². The number of aromatic nitrogens is 3. The highest BCUT2D eigenvalue weighted by atomic mass is 16.5. The van der Waals surface area contributed by atoms with Crippen LogP contribution in [0.25, 0.3) is 0 Å². The summed E-state index contributed by atoms with van der Waals surface area (Å²) >= 11 is 0. The van der Waals surface area contributed by atoms with Crippen LogP contribution in [0.4, 0.5) is 16.4 Å². The summed E-state index contributed by atoms with van der Waals surface area (Å²) in [5.74, 6) is 0.0448. The van der Waals surface area contributed by atoms with Gasteiger partial charge in [-0.2, -0.15) is 5.10 Å². The molecule has 150 valence electrons. The highest BCUT2D eigenvalue weighted by Crippen LogP contribution is 2.19. The van der Waals surface area contributed by atoms with Crippen LogP contribution in [0.1, 0.15) is 16.1 Å². The Bertz CT molecular complexity index is 991. The van der Waals surface area contributed by atoms with Gasteiger partial charge in [0, 0.05) is 38.4 Å². The molecule has 1 aliphatic heterocycles. The molecule has 4 rings (SSSR count). The first-order valence-corrected chi connectivity index (χ1v) is 9.16. The van der Waals surface area contributed by atoms with Gasteiger partial charge >= 0.3 is 6.09 Å². The molecule has 3 heterocycles. The number of hydrogen-bond donors (Lipinski definition) is 2. The van der Waals surface area contributed by atoms with E-state index >= 15 is 0 Å². The molecule has 2 aromatic heterocycles. The summed E-state index contributed by atoms with van der Waals surface area (Å²) in [6.07, 6.45) is 2.39. The number of amides is 2. The van der Waals surface area contributed by atoms with Gasteiger partial charge in [-0.25, -0.2) is 4.79 Å². The maximum Gasteiger partial charge on any atom is 0.407 e.